The van der Waals surface area contributed by atoms with E-state index in [0.717, 1.165) is 0 Å². The quantitative estimate of drug-likeness (QED) is 0.113. The summed E-state index contributed by atoms with van der Waals surface area (Å²) >= 11 is 6.01. The van der Waals surface area contributed by atoms with E-state index >= 15 is 0 Å². The predicted octanol–water partition coefficient (Wildman–Crippen LogP) is 6.67. The van der Waals surface area contributed by atoms with Gasteiger partial charge in [0, 0.05) is 5.02 Å². The van der Waals surface area contributed by atoms with Gasteiger partial charge in [0.2, 0.25) is 11.7 Å². The maximum atomic E-state index is 14.4. The number of benzene rings is 3. The summed E-state index contributed by atoms with van der Waals surface area (Å²) < 4.78 is 81.7. The molecular formula is C24H14ClF5N2O3S. The van der Waals surface area contributed by atoms with Crippen LogP contribution in [0.3, 0.4) is 0 Å². The van der Waals surface area contributed by atoms with Crippen molar-refractivity contribution >= 4 is 29.3 Å². The third-order valence-corrected chi connectivity index (χ3v) is 6.21. The summed E-state index contributed by atoms with van der Waals surface area (Å²) in [5.74, 6) is -11.4. The van der Waals surface area contributed by atoms with Crippen LogP contribution in [0.15, 0.2) is 64.4 Å². The lowest BCUT2D eigenvalue weighted by Crippen LogP contribution is -2.19. The van der Waals surface area contributed by atoms with E-state index < -0.39 is 46.6 Å². The lowest BCUT2D eigenvalue weighted by Gasteiger charge is -2.12. The van der Waals surface area contributed by atoms with Gasteiger partial charge in [0.25, 0.3) is 0 Å². The highest BCUT2D eigenvalue weighted by molar-refractivity contribution is 7.99. The number of hydrogen-bond acceptors (Lipinski definition) is 5. The Kier molecular flexibility index (Phi) is 7.51. The van der Waals surface area contributed by atoms with Crippen molar-refractivity contribution in [1.82, 2.24) is 9.78 Å². The molecule has 1 heterocycles. The highest BCUT2D eigenvalue weighted by Crippen LogP contribution is 2.42. The number of nitrogens with zero attached hydrogens (tertiary/aromatic N) is 2. The number of carbonyl (C=O) groups excluding carboxylic acids is 1. The SMILES string of the molecule is Cc1nn(-c2ccccc2)c(OC(=O)COc2ccc(Cl)cc2)c1Sc1c(F)c(F)c(F)c(F)c1F. The van der Waals surface area contributed by atoms with Crippen LogP contribution in [0.4, 0.5) is 22.0 Å². The zero-order chi connectivity index (χ0) is 26.0. The molecule has 0 spiro atoms. The van der Waals surface area contributed by atoms with E-state index in [1.165, 1.54) is 23.7 Å². The second kappa shape index (κ2) is 10.6. The van der Waals surface area contributed by atoms with Gasteiger partial charge < -0.3 is 9.47 Å². The lowest BCUT2D eigenvalue weighted by atomic mass is 10.3. The Bertz CT molecular complexity index is 1400. The average molecular weight is 541 g/mol. The fraction of sp³-hybridized carbons (Fsp3) is 0.0833. The highest BCUT2D eigenvalue weighted by atomic mass is 35.5. The van der Waals surface area contributed by atoms with Gasteiger partial charge in [-0.15, -0.1) is 0 Å². The van der Waals surface area contributed by atoms with Gasteiger partial charge in [-0.25, -0.2) is 26.7 Å². The zero-order valence-corrected chi connectivity index (χ0v) is 19.8. The number of esters is 1. The maximum absolute atomic E-state index is 14.4. The molecule has 0 N–H and O–H groups in total. The molecule has 0 saturated carbocycles. The fourth-order valence-electron chi connectivity index (χ4n) is 3.03. The molecule has 4 aromatic rings. The molecule has 5 nitrogen and oxygen atoms in total. The first kappa shape index (κ1) is 25.5. The van der Waals surface area contributed by atoms with Gasteiger partial charge in [-0.05, 0) is 43.3 Å². The van der Waals surface area contributed by atoms with Crippen LogP contribution in [0.1, 0.15) is 5.69 Å². The first-order chi connectivity index (χ1) is 17.2. The fourth-order valence-corrected chi connectivity index (χ4v) is 4.12. The Morgan fingerprint density at radius 2 is 1.47 bits per heavy atom. The topological polar surface area (TPSA) is 53.4 Å². The Balaban J connectivity index is 1.71. The number of rotatable bonds is 7. The summed E-state index contributed by atoms with van der Waals surface area (Å²) in [5.41, 5.74) is 0.514. The second-order valence-electron chi connectivity index (χ2n) is 7.18. The van der Waals surface area contributed by atoms with E-state index in [1.807, 2.05) is 0 Å². The first-order valence-corrected chi connectivity index (χ1v) is 11.3. The summed E-state index contributed by atoms with van der Waals surface area (Å²) in [7, 11) is 0. The molecule has 36 heavy (non-hydrogen) atoms. The van der Waals surface area contributed by atoms with Gasteiger partial charge in [-0.1, -0.05) is 41.6 Å². The molecule has 186 valence electrons. The second-order valence-corrected chi connectivity index (χ2v) is 8.64. The standard InChI is InChI=1S/C24H14ClF5N2O3S/c1-12-22(36-23-20(29)18(27)17(26)19(28)21(23)30)24(32(31-12)14-5-3-2-4-6-14)35-16(33)11-34-15-9-7-13(25)8-10-15/h2-10H,11H2,1H3. The van der Waals surface area contributed by atoms with Crippen molar-refractivity contribution in [3.05, 3.63) is 94.4 Å². The molecule has 0 aliphatic heterocycles. The number of aromatic nitrogens is 2. The minimum atomic E-state index is -2.28. The van der Waals surface area contributed by atoms with Crippen LogP contribution < -0.4 is 9.47 Å². The van der Waals surface area contributed by atoms with Gasteiger partial charge in [-0.3, -0.25) is 0 Å². The number of ether oxygens (including phenoxy) is 2. The molecule has 0 saturated heterocycles. The number of para-hydroxylation sites is 1. The van der Waals surface area contributed by atoms with Crippen LogP contribution in [0.25, 0.3) is 5.69 Å². The Hall–Kier alpha value is -3.57. The molecule has 1 aromatic heterocycles. The molecule has 0 fully saturated rings. The van der Waals surface area contributed by atoms with Crippen LogP contribution in [0, 0.1) is 36.0 Å². The molecule has 0 aliphatic rings. The van der Waals surface area contributed by atoms with Crippen LogP contribution in [0.5, 0.6) is 11.6 Å². The van der Waals surface area contributed by atoms with Crippen molar-refractivity contribution < 1.29 is 36.2 Å². The van der Waals surface area contributed by atoms with Crippen LogP contribution in [0.2, 0.25) is 5.02 Å². The number of aryl methyl sites for hydroxylation is 1. The molecule has 0 radical (unpaired) electrons. The number of hydrogen-bond donors (Lipinski definition) is 0. The predicted molar refractivity (Wildman–Crippen MR) is 121 cm³/mol. The minimum absolute atomic E-state index is 0.106. The van der Waals surface area contributed by atoms with Crippen LogP contribution in [-0.2, 0) is 4.79 Å². The van der Waals surface area contributed by atoms with Crippen molar-refractivity contribution in [3.8, 4) is 17.3 Å². The van der Waals surface area contributed by atoms with Gasteiger partial charge in [0.15, 0.2) is 29.9 Å². The smallest absolute Gasteiger partial charge is 0.350 e. The summed E-state index contributed by atoms with van der Waals surface area (Å²) in [6.45, 7) is 0.864. The van der Waals surface area contributed by atoms with Crippen molar-refractivity contribution in [2.75, 3.05) is 6.61 Å². The van der Waals surface area contributed by atoms with E-state index in [9.17, 15) is 26.7 Å². The van der Waals surface area contributed by atoms with Gasteiger partial charge >= 0.3 is 5.97 Å². The average Bonchev–Trinajstić information content (AvgIpc) is 3.18. The van der Waals surface area contributed by atoms with Gasteiger partial charge in [0.1, 0.15) is 5.75 Å². The molecule has 0 bridgehead atoms. The van der Waals surface area contributed by atoms with Gasteiger partial charge in [0.05, 0.1) is 21.2 Å². The molecule has 12 heteroatoms. The van der Waals surface area contributed by atoms with Crippen molar-refractivity contribution in [2.24, 2.45) is 0 Å². The molecule has 0 amide bonds. The molecule has 0 atom stereocenters. The molecular weight excluding hydrogens is 527 g/mol. The summed E-state index contributed by atoms with van der Waals surface area (Å²) in [6, 6.07) is 14.4. The lowest BCUT2D eigenvalue weighted by molar-refractivity contribution is -0.137. The third kappa shape index (κ3) is 5.17. The van der Waals surface area contributed by atoms with E-state index in [2.05, 4.69) is 5.10 Å². The van der Waals surface area contributed by atoms with E-state index in [4.69, 9.17) is 21.1 Å². The largest absolute Gasteiger partial charge is 0.482 e. The molecule has 4 rings (SSSR count). The third-order valence-electron chi connectivity index (χ3n) is 4.72. The first-order valence-electron chi connectivity index (χ1n) is 10.1. The Morgan fingerprint density at radius 1 is 0.889 bits per heavy atom. The summed E-state index contributed by atoms with van der Waals surface area (Å²) in [6.07, 6.45) is 0. The molecule has 0 unspecified atom stereocenters. The zero-order valence-electron chi connectivity index (χ0n) is 18.2. The number of halogens is 6. The molecule has 0 aliphatic carbocycles. The minimum Gasteiger partial charge on any atom is -0.482 e. The van der Waals surface area contributed by atoms with E-state index in [0.29, 0.717) is 16.5 Å². The van der Waals surface area contributed by atoms with Crippen molar-refractivity contribution in [3.63, 3.8) is 0 Å². The summed E-state index contributed by atoms with van der Waals surface area (Å²) in [5, 5.41) is 4.70. The highest BCUT2D eigenvalue weighted by Gasteiger charge is 2.30. The Labute approximate surface area is 210 Å². The monoisotopic (exact) mass is 540 g/mol. The Morgan fingerprint density at radius 3 is 2.08 bits per heavy atom. The van der Waals surface area contributed by atoms with E-state index in [-0.39, 0.29) is 28.2 Å². The van der Waals surface area contributed by atoms with Crippen LogP contribution in [-0.4, -0.2) is 22.4 Å². The van der Waals surface area contributed by atoms with Crippen molar-refractivity contribution in [2.45, 2.75) is 16.7 Å². The van der Waals surface area contributed by atoms with E-state index in [1.54, 1.807) is 42.5 Å². The summed E-state index contributed by atoms with van der Waals surface area (Å²) in [4.78, 5) is 11.3. The van der Waals surface area contributed by atoms with Gasteiger partial charge in [-0.2, -0.15) is 9.78 Å². The van der Waals surface area contributed by atoms with Crippen molar-refractivity contribution in [1.29, 1.82) is 0 Å². The van der Waals surface area contributed by atoms with Crippen LogP contribution >= 0.6 is 23.4 Å². The number of carbonyl (C=O) groups is 1. The molecule has 3 aromatic carbocycles. The normalized spacial score (nSPS) is 11.0. The maximum Gasteiger partial charge on any atom is 0.350 e.